The molecule has 1 heterocycles. The second-order valence-electron chi connectivity index (χ2n) is 7.00. The lowest BCUT2D eigenvalue weighted by Crippen LogP contribution is -2.34. The van der Waals surface area contributed by atoms with Gasteiger partial charge in [-0.05, 0) is 57.0 Å². The molecule has 3 rings (SSSR count). The van der Waals surface area contributed by atoms with Crippen LogP contribution in [0.2, 0.25) is 0 Å². The van der Waals surface area contributed by atoms with Gasteiger partial charge in [0.25, 0.3) is 11.6 Å². The number of nitro benzene ring substituents is 1. The molecule has 1 aliphatic rings. The van der Waals surface area contributed by atoms with E-state index in [-0.39, 0.29) is 36.0 Å². The minimum atomic E-state index is -0.427. The molecule has 2 aromatic carbocycles. The Balaban J connectivity index is 0.00000280. The molecule has 150 valence electrons. The van der Waals surface area contributed by atoms with Gasteiger partial charge in [-0.1, -0.05) is 29.5 Å². The fourth-order valence-electron chi connectivity index (χ4n) is 3.37. The molecule has 2 N–H and O–H groups in total. The molecule has 0 aliphatic carbocycles. The van der Waals surface area contributed by atoms with Gasteiger partial charge in [0, 0.05) is 29.1 Å². The first-order valence-corrected chi connectivity index (χ1v) is 9.74. The second-order valence-corrected chi connectivity index (χ2v) is 8.11. The summed E-state index contributed by atoms with van der Waals surface area (Å²) in [5.41, 5.74) is 7.16. The number of hydrogen-bond donors (Lipinski definition) is 1. The van der Waals surface area contributed by atoms with Crippen LogP contribution in [0.5, 0.6) is 0 Å². The predicted molar refractivity (Wildman–Crippen MR) is 113 cm³/mol. The number of halogens is 1. The van der Waals surface area contributed by atoms with E-state index < -0.39 is 4.92 Å². The van der Waals surface area contributed by atoms with Crippen molar-refractivity contribution in [3.63, 3.8) is 0 Å². The maximum absolute atomic E-state index is 12.9. The van der Waals surface area contributed by atoms with Crippen LogP contribution in [0.15, 0.2) is 52.3 Å². The smallest absolute Gasteiger partial charge is 0.284 e. The van der Waals surface area contributed by atoms with Crippen LogP contribution >= 0.6 is 24.2 Å². The zero-order valence-electron chi connectivity index (χ0n) is 15.8. The lowest BCUT2D eigenvalue weighted by molar-refractivity contribution is -0.387. The molecule has 1 amide bonds. The number of nitro groups is 1. The number of hydrogen-bond acceptors (Lipinski definition) is 5. The van der Waals surface area contributed by atoms with Crippen molar-refractivity contribution < 1.29 is 9.72 Å². The van der Waals surface area contributed by atoms with Crippen molar-refractivity contribution in [3.05, 3.63) is 63.7 Å². The lowest BCUT2D eigenvalue weighted by Gasteiger charge is -2.21. The van der Waals surface area contributed by atoms with Crippen LogP contribution in [0, 0.1) is 23.0 Å². The SMILES string of the molecule is Cc1ccc(Sc2ccc(C(=O)N3CC(CN)CC3C)cc2[N+](=O)[O-])cc1.Cl. The summed E-state index contributed by atoms with van der Waals surface area (Å²) in [6.45, 7) is 5.13. The molecule has 0 bridgehead atoms. The molecular weight excluding hydrogens is 398 g/mol. The fourth-order valence-corrected chi connectivity index (χ4v) is 4.27. The molecule has 2 atom stereocenters. The Hall–Kier alpha value is -2.09. The van der Waals surface area contributed by atoms with Gasteiger partial charge in [-0.25, -0.2) is 0 Å². The van der Waals surface area contributed by atoms with E-state index in [1.165, 1.54) is 17.8 Å². The Morgan fingerprint density at radius 3 is 2.54 bits per heavy atom. The molecule has 1 aliphatic heterocycles. The second kappa shape index (κ2) is 9.41. The van der Waals surface area contributed by atoms with Gasteiger partial charge in [-0.15, -0.1) is 12.4 Å². The van der Waals surface area contributed by atoms with Crippen LogP contribution in [0.1, 0.15) is 29.3 Å². The van der Waals surface area contributed by atoms with Gasteiger partial charge in [-0.3, -0.25) is 14.9 Å². The van der Waals surface area contributed by atoms with Gasteiger partial charge >= 0.3 is 0 Å². The van der Waals surface area contributed by atoms with E-state index in [1.54, 1.807) is 17.0 Å². The Morgan fingerprint density at radius 2 is 1.96 bits per heavy atom. The Morgan fingerprint density at radius 1 is 1.29 bits per heavy atom. The lowest BCUT2D eigenvalue weighted by atomic mass is 10.1. The number of nitrogens with two attached hydrogens (primary N) is 1. The quantitative estimate of drug-likeness (QED) is 0.574. The van der Waals surface area contributed by atoms with E-state index in [0.717, 1.165) is 16.9 Å². The number of aryl methyl sites for hydroxylation is 1. The summed E-state index contributed by atoms with van der Waals surface area (Å²) >= 11 is 1.33. The van der Waals surface area contributed by atoms with Crippen LogP contribution in [0.3, 0.4) is 0 Å². The molecule has 0 radical (unpaired) electrons. The zero-order valence-corrected chi connectivity index (χ0v) is 17.5. The third-order valence-corrected chi connectivity index (χ3v) is 5.98. The molecule has 0 spiro atoms. The molecule has 2 aromatic rings. The van der Waals surface area contributed by atoms with Gasteiger partial charge in [0.15, 0.2) is 0 Å². The van der Waals surface area contributed by atoms with E-state index in [9.17, 15) is 14.9 Å². The Kier molecular flexibility index (Phi) is 7.46. The standard InChI is InChI=1S/C20H23N3O3S.ClH/c1-13-3-6-17(7-4-13)27-19-8-5-16(10-18(19)23(25)26)20(24)22-12-15(11-21)9-14(22)2;/h3-8,10,14-15H,9,11-12,21H2,1-2H3;1H. The van der Waals surface area contributed by atoms with E-state index in [0.29, 0.717) is 23.5 Å². The summed E-state index contributed by atoms with van der Waals surface area (Å²) in [5.74, 6) is 0.115. The van der Waals surface area contributed by atoms with Crippen molar-refractivity contribution in [1.82, 2.24) is 4.90 Å². The highest BCUT2D eigenvalue weighted by molar-refractivity contribution is 7.99. The summed E-state index contributed by atoms with van der Waals surface area (Å²) in [6, 6.07) is 12.6. The van der Waals surface area contributed by atoms with Crippen LogP contribution < -0.4 is 5.73 Å². The number of benzene rings is 2. The summed E-state index contributed by atoms with van der Waals surface area (Å²) in [6.07, 6.45) is 0.867. The van der Waals surface area contributed by atoms with Gasteiger partial charge in [0.05, 0.1) is 9.82 Å². The number of carbonyl (C=O) groups is 1. The maximum atomic E-state index is 12.9. The number of amides is 1. The number of carbonyl (C=O) groups excluding carboxylic acids is 1. The first-order valence-electron chi connectivity index (χ1n) is 8.93. The van der Waals surface area contributed by atoms with E-state index >= 15 is 0 Å². The molecule has 6 nitrogen and oxygen atoms in total. The molecule has 2 unspecified atom stereocenters. The van der Waals surface area contributed by atoms with Gasteiger partial charge in [0.2, 0.25) is 0 Å². The zero-order chi connectivity index (χ0) is 19.6. The van der Waals surface area contributed by atoms with Crippen molar-refractivity contribution in [2.75, 3.05) is 13.1 Å². The minimum Gasteiger partial charge on any atom is -0.336 e. The van der Waals surface area contributed by atoms with Crippen molar-refractivity contribution in [2.45, 2.75) is 36.1 Å². The maximum Gasteiger partial charge on any atom is 0.284 e. The Labute approximate surface area is 175 Å². The molecule has 28 heavy (non-hydrogen) atoms. The average Bonchev–Trinajstić information content (AvgIpc) is 3.04. The number of rotatable bonds is 5. The number of likely N-dealkylation sites (tertiary alicyclic amines) is 1. The fraction of sp³-hybridized carbons (Fsp3) is 0.350. The van der Waals surface area contributed by atoms with Crippen molar-refractivity contribution in [3.8, 4) is 0 Å². The topological polar surface area (TPSA) is 89.5 Å². The molecule has 8 heteroatoms. The third kappa shape index (κ3) is 4.84. The summed E-state index contributed by atoms with van der Waals surface area (Å²) in [7, 11) is 0. The summed E-state index contributed by atoms with van der Waals surface area (Å²) < 4.78 is 0. The van der Waals surface area contributed by atoms with Crippen LogP contribution in [-0.4, -0.2) is 34.9 Å². The van der Waals surface area contributed by atoms with Crippen molar-refractivity contribution >= 4 is 35.8 Å². The first-order chi connectivity index (χ1) is 12.9. The molecule has 1 saturated heterocycles. The van der Waals surface area contributed by atoms with Gasteiger partial charge in [0.1, 0.15) is 0 Å². The third-order valence-electron chi connectivity index (χ3n) is 4.91. The van der Waals surface area contributed by atoms with Crippen LogP contribution in [0.25, 0.3) is 0 Å². The van der Waals surface area contributed by atoms with Gasteiger partial charge < -0.3 is 10.6 Å². The Bertz CT molecular complexity index is 860. The average molecular weight is 422 g/mol. The highest BCUT2D eigenvalue weighted by Crippen LogP contribution is 2.36. The van der Waals surface area contributed by atoms with E-state index in [4.69, 9.17) is 5.73 Å². The highest BCUT2D eigenvalue weighted by Gasteiger charge is 2.32. The molecule has 1 fully saturated rings. The summed E-state index contributed by atoms with van der Waals surface area (Å²) in [5, 5.41) is 11.6. The number of nitrogens with zero attached hydrogens (tertiary/aromatic N) is 2. The van der Waals surface area contributed by atoms with E-state index in [1.807, 2.05) is 38.1 Å². The minimum absolute atomic E-state index is 0. The van der Waals surface area contributed by atoms with Crippen LogP contribution in [-0.2, 0) is 0 Å². The van der Waals surface area contributed by atoms with Crippen molar-refractivity contribution in [1.29, 1.82) is 0 Å². The normalized spacial score (nSPS) is 18.6. The van der Waals surface area contributed by atoms with Gasteiger partial charge in [-0.2, -0.15) is 0 Å². The van der Waals surface area contributed by atoms with E-state index in [2.05, 4.69) is 0 Å². The first kappa shape index (κ1) is 22.2. The molecule has 0 saturated carbocycles. The summed E-state index contributed by atoms with van der Waals surface area (Å²) in [4.78, 5) is 27.2. The largest absolute Gasteiger partial charge is 0.336 e. The highest BCUT2D eigenvalue weighted by atomic mass is 35.5. The van der Waals surface area contributed by atoms with Crippen molar-refractivity contribution in [2.24, 2.45) is 11.7 Å². The molecule has 0 aromatic heterocycles. The monoisotopic (exact) mass is 421 g/mol. The molecular formula is C20H24ClN3O3S. The van der Waals surface area contributed by atoms with Crippen LogP contribution in [0.4, 0.5) is 5.69 Å². The predicted octanol–water partition coefficient (Wildman–Crippen LogP) is 4.29.